The maximum atomic E-state index is 13.4. The molecular weight excluding hydrogens is 474 g/mol. The second kappa shape index (κ2) is 13.5. The fourth-order valence-corrected chi connectivity index (χ4v) is 5.98. The molecule has 3 N–H and O–H groups in total. The number of ether oxygens (including phenoxy) is 1. The highest BCUT2D eigenvalue weighted by Crippen LogP contribution is 2.45. The van der Waals surface area contributed by atoms with Gasteiger partial charge < -0.3 is 25.4 Å². The predicted octanol–water partition coefficient (Wildman–Crippen LogP) is 6.30. The second-order valence-electron chi connectivity index (χ2n) is 11.8. The number of urea groups is 1. The summed E-state index contributed by atoms with van der Waals surface area (Å²) in [6.45, 7) is 6.37. The molecule has 1 saturated heterocycles. The van der Waals surface area contributed by atoms with Crippen LogP contribution in [0.1, 0.15) is 70.8 Å². The maximum Gasteiger partial charge on any atom is 0.317 e. The molecule has 3 atom stereocenters. The Balaban J connectivity index is 1.55. The Morgan fingerprint density at radius 3 is 2.55 bits per heavy atom. The van der Waals surface area contributed by atoms with Crippen molar-refractivity contribution in [3.63, 3.8) is 0 Å². The molecule has 0 radical (unpaired) electrons. The lowest BCUT2D eigenvalue weighted by Crippen LogP contribution is -2.54. The Hall–Kier alpha value is -2.57. The number of aliphatic hydroxyl groups is 1. The number of likely N-dealkylation sites (tertiary alicyclic amines) is 1. The Bertz CT molecular complexity index is 1010. The lowest BCUT2D eigenvalue weighted by molar-refractivity contribution is -0.0570. The second-order valence-corrected chi connectivity index (χ2v) is 11.8. The van der Waals surface area contributed by atoms with Crippen molar-refractivity contribution in [2.75, 3.05) is 26.7 Å². The number of hydrogen-bond donors (Lipinski definition) is 3. The SMILES string of the molecule is CNCC(CC(C)C)NC(=O)N1CCC[C@@H](C(O)(CCCC2CC2)c2ccccc2Oc2ccccc2)C1. The first-order chi connectivity index (χ1) is 18.4. The number of carbonyl (C=O) groups is 1. The van der Waals surface area contributed by atoms with Gasteiger partial charge in [0.05, 0.1) is 5.60 Å². The van der Waals surface area contributed by atoms with Crippen LogP contribution in [0.5, 0.6) is 11.5 Å². The topological polar surface area (TPSA) is 73.8 Å². The van der Waals surface area contributed by atoms with Crippen molar-refractivity contribution in [3.05, 3.63) is 60.2 Å². The summed E-state index contributed by atoms with van der Waals surface area (Å²) in [4.78, 5) is 15.3. The number of benzene rings is 2. The van der Waals surface area contributed by atoms with E-state index in [9.17, 15) is 9.90 Å². The fourth-order valence-electron chi connectivity index (χ4n) is 5.98. The summed E-state index contributed by atoms with van der Waals surface area (Å²) < 4.78 is 6.32. The lowest BCUT2D eigenvalue weighted by atomic mass is 9.73. The minimum atomic E-state index is -1.07. The molecule has 2 unspecified atom stereocenters. The van der Waals surface area contributed by atoms with Crippen molar-refractivity contribution < 1.29 is 14.6 Å². The molecule has 1 aliphatic heterocycles. The fraction of sp³-hybridized carbons (Fsp3) is 0.594. The van der Waals surface area contributed by atoms with Crippen LogP contribution in [-0.2, 0) is 5.60 Å². The van der Waals surface area contributed by atoms with Crippen LogP contribution < -0.4 is 15.4 Å². The standard InChI is InChI=1S/C32H47N3O3/c1-24(2)21-27(22-33-3)34-31(36)35-20-10-12-26(23-35)32(37,19-9-11-25-17-18-25)29-15-7-8-16-30(29)38-28-13-5-4-6-14-28/h4-8,13-16,24-27,33,37H,9-12,17-23H2,1-3H3,(H,34,36)/t26-,27?,32?/m1/s1. The lowest BCUT2D eigenvalue weighted by Gasteiger charge is -2.43. The summed E-state index contributed by atoms with van der Waals surface area (Å²) in [5, 5.41) is 19.0. The number of nitrogens with zero attached hydrogens (tertiary/aromatic N) is 1. The first kappa shape index (κ1) is 28.4. The number of amides is 2. The van der Waals surface area contributed by atoms with Gasteiger partial charge in [0.2, 0.25) is 0 Å². The molecule has 1 saturated carbocycles. The Morgan fingerprint density at radius 1 is 1.11 bits per heavy atom. The molecule has 2 fully saturated rings. The highest BCUT2D eigenvalue weighted by atomic mass is 16.5. The minimum absolute atomic E-state index is 0.0234. The van der Waals surface area contributed by atoms with Gasteiger partial charge in [-0.15, -0.1) is 0 Å². The van der Waals surface area contributed by atoms with Gasteiger partial charge in [0, 0.05) is 37.2 Å². The van der Waals surface area contributed by atoms with Crippen molar-refractivity contribution >= 4 is 6.03 Å². The van der Waals surface area contributed by atoms with Crippen molar-refractivity contribution in [1.82, 2.24) is 15.5 Å². The van der Waals surface area contributed by atoms with Gasteiger partial charge in [0.25, 0.3) is 0 Å². The maximum absolute atomic E-state index is 13.4. The van der Waals surface area contributed by atoms with Crippen LogP contribution in [0, 0.1) is 17.8 Å². The van der Waals surface area contributed by atoms with Crippen molar-refractivity contribution in [1.29, 1.82) is 0 Å². The van der Waals surface area contributed by atoms with Crippen molar-refractivity contribution in [3.8, 4) is 11.5 Å². The monoisotopic (exact) mass is 521 g/mol. The van der Waals surface area contributed by atoms with E-state index in [1.54, 1.807) is 0 Å². The van der Waals surface area contributed by atoms with E-state index >= 15 is 0 Å². The Kier molecular flexibility index (Phi) is 10.1. The summed E-state index contributed by atoms with van der Waals surface area (Å²) in [7, 11) is 1.92. The number of para-hydroxylation sites is 2. The van der Waals surface area contributed by atoms with E-state index in [0.29, 0.717) is 24.6 Å². The number of rotatable bonds is 13. The largest absolute Gasteiger partial charge is 0.457 e. The first-order valence-corrected chi connectivity index (χ1v) is 14.6. The van der Waals surface area contributed by atoms with Crippen LogP contribution in [0.3, 0.4) is 0 Å². The zero-order chi connectivity index (χ0) is 27.0. The Morgan fingerprint density at radius 2 is 1.84 bits per heavy atom. The summed E-state index contributed by atoms with van der Waals surface area (Å²) in [5.74, 6) is 2.70. The van der Waals surface area contributed by atoms with Crippen LogP contribution in [-0.4, -0.2) is 48.8 Å². The predicted molar refractivity (Wildman–Crippen MR) is 153 cm³/mol. The third-order valence-electron chi connectivity index (χ3n) is 8.11. The zero-order valence-corrected chi connectivity index (χ0v) is 23.5. The van der Waals surface area contributed by atoms with E-state index < -0.39 is 5.60 Å². The van der Waals surface area contributed by atoms with Gasteiger partial charge in [0.1, 0.15) is 11.5 Å². The van der Waals surface area contributed by atoms with E-state index in [2.05, 4.69) is 24.5 Å². The van der Waals surface area contributed by atoms with E-state index in [1.165, 1.54) is 12.8 Å². The van der Waals surface area contributed by atoms with E-state index in [1.807, 2.05) is 66.5 Å². The molecule has 4 rings (SSSR count). The quantitative estimate of drug-likeness (QED) is 0.289. The van der Waals surface area contributed by atoms with Crippen LogP contribution >= 0.6 is 0 Å². The van der Waals surface area contributed by atoms with Gasteiger partial charge in [-0.05, 0) is 69.2 Å². The molecular formula is C32H47N3O3. The summed E-state index contributed by atoms with van der Waals surface area (Å²) >= 11 is 0. The van der Waals surface area contributed by atoms with Crippen LogP contribution in [0.15, 0.2) is 54.6 Å². The molecule has 2 aromatic carbocycles. The number of hydrogen-bond acceptors (Lipinski definition) is 4. The molecule has 0 spiro atoms. The molecule has 38 heavy (non-hydrogen) atoms. The molecule has 6 nitrogen and oxygen atoms in total. The normalized spacial score (nSPS) is 20.1. The third kappa shape index (κ3) is 7.73. The van der Waals surface area contributed by atoms with Gasteiger partial charge >= 0.3 is 6.03 Å². The first-order valence-electron chi connectivity index (χ1n) is 14.6. The minimum Gasteiger partial charge on any atom is -0.457 e. The van der Waals surface area contributed by atoms with Gasteiger partial charge in [-0.2, -0.15) is 0 Å². The number of nitrogens with one attached hydrogen (secondary N) is 2. The molecule has 2 aromatic rings. The van der Waals surface area contributed by atoms with Gasteiger partial charge in [-0.25, -0.2) is 4.79 Å². The van der Waals surface area contributed by atoms with Crippen molar-refractivity contribution in [2.45, 2.75) is 76.9 Å². The third-order valence-corrected chi connectivity index (χ3v) is 8.11. The van der Waals surface area contributed by atoms with E-state index in [0.717, 1.165) is 62.4 Å². The number of likely N-dealkylation sites (N-methyl/N-ethyl adjacent to an activating group) is 1. The molecule has 2 aliphatic rings. The molecule has 1 heterocycles. The molecule has 208 valence electrons. The van der Waals surface area contributed by atoms with E-state index in [4.69, 9.17) is 4.74 Å². The molecule has 1 aliphatic carbocycles. The summed E-state index contributed by atoms with van der Waals surface area (Å²) in [6.07, 6.45) is 8.12. The van der Waals surface area contributed by atoms with Crippen LogP contribution in [0.2, 0.25) is 0 Å². The number of carbonyl (C=O) groups excluding carboxylic acids is 1. The highest BCUT2D eigenvalue weighted by molar-refractivity contribution is 5.74. The molecule has 0 aromatic heterocycles. The molecule has 6 heteroatoms. The summed E-state index contributed by atoms with van der Waals surface area (Å²) in [5.41, 5.74) is -0.235. The number of piperidine rings is 1. The van der Waals surface area contributed by atoms with Crippen LogP contribution in [0.25, 0.3) is 0 Å². The smallest absolute Gasteiger partial charge is 0.317 e. The van der Waals surface area contributed by atoms with E-state index in [-0.39, 0.29) is 18.0 Å². The average Bonchev–Trinajstić information content (AvgIpc) is 3.74. The van der Waals surface area contributed by atoms with Gasteiger partial charge in [-0.3, -0.25) is 0 Å². The van der Waals surface area contributed by atoms with Gasteiger partial charge in [0.15, 0.2) is 0 Å². The molecule has 2 amide bonds. The summed E-state index contributed by atoms with van der Waals surface area (Å²) in [6, 6.07) is 17.7. The van der Waals surface area contributed by atoms with Gasteiger partial charge in [-0.1, -0.05) is 69.5 Å². The van der Waals surface area contributed by atoms with Crippen LogP contribution in [0.4, 0.5) is 4.79 Å². The van der Waals surface area contributed by atoms with Crippen molar-refractivity contribution in [2.24, 2.45) is 17.8 Å². The Labute approximate surface area is 229 Å². The average molecular weight is 522 g/mol. The molecule has 0 bridgehead atoms. The highest BCUT2D eigenvalue weighted by Gasteiger charge is 2.43. The zero-order valence-electron chi connectivity index (χ0n) is 23.5.